The molecule has 0 aliphatic carbocycles. The van der Waals surface area contributed by atoms with E-state index in [4.69, 9.17) is 21.3 Å². The molecule has 2 aromatic rings. The first-order chi connectivity index (χ1) is 12.4. The van der Waals surface area contributed by atoms with Gasteiger partial charge in [0.1, 0.15) is 30.1 Å². The Labute approximate surface area is 152 Å². The minimum atomic E-state index is -1.17. The molecule has 0 saturated carbocycles. The summed E-state index contributed by atoms with van der Waals surface area (Å²) in [6.45, 7) is 0. The third-order valence-corrected chi connectivity index (χ3v) is 5.26. The number of aromatic nitrogens is 4. The van der Waals surface area contributed by atoms with Crippen LogP contribution in [0, 0.1) is 0 Å². The van der Waals surface area contributed by atoms with Gasteiger partial charge in [-0.05, 0) is 12.2 Å². The van der Waals surface area contributed by atoms with Crippen molar-refractivity contribution < 1.29 is 24.9 Å². The molecule has 0 bridgehead atoms. The van der Waals surface area contributed by atoms with E-state index in [0.717, 1.165) is 0 Å². The summed E-state index contributed by atoms with van der Waals surface area (Å²) in [5.41, 5.74) is 12.0. The maximum Gasteiger partial charge on any atom is 0.320 e. The van der Waals surface area contributed by atoms with Crippen molar-refractivity contribution in [1.82, 2.24) is 19.5 Å². The van der Waals surface area contributed by atoms with Crippen LogP contribution in [0.1, 0.15) is 12.6 Å². The van der Waals surface area contributed by atoms with Crippen LogP contribution in [-0.2, 0) is 9.53 Å². The van der Waals surface area contributed by atoms with Crippen LogP contribution in [0.25, 0.3) is 11.2 Å². The van der Waals surface area contributed by atoms with E-state index in [-0.39, 0.29) is 5.82 Å². The number of thioether (sulfide) groups is 1. The molecule has 3 rings (SSSR count). The molecule has 0 amide bonds. The maximum absolute atomic E-state index is 10.7. The van der Waals surface area contributed by atoms with Crippen LogP contribution in [0.3, 0.4) is 0 Å². The van der Waals surface area contributed by atoms with Crippen molar-refractivity contribution in [3.05, 3.63) is 12.7 Å². The first-order valence-electron chi connectivity index (χ1n) is 7.91. The van der Waals surface area contributed by atoms with E-state index in [0.29, 0.717) is 29.1 Å². The number of aliphatic carboxylic acids is 1. The molecule has 5 atom stereocenters. The molecule has 7 N–H and O–H groups in total. The molecule has 1 aliphatic rings. The average molecular weight is 384 g/mol. The fraction of sp³-hybridized carbons (Fsp3) is 0.571. The zero-order chi connectivity index (χ0) is 18.8. The van der Waals surface area contributed by atoms with Crippen molar-refractivity contribution in [3.8, 4) is 0 Å². The average Bonchev–Trinajstić information content (AvgIpc) is 3.15. The molecule has 0 aromatic carbocycles. The Bertz CT molecular complexity index is 788. The number of aliphatic hydroxyl groups excluding tert-OH is 2. The van der Waals surface area contributed by atoms with E-state index in [1.165, 1.54) is 29.0 Å². The molecular formula is C14H20N6O5S. The van der Waals surface area contributed by atoms with Gasteiger partial charge in [0.25, 0.3) is 0 Å². The molecule has 2 unspecified atom stereocenters. The standard InChI is InChI=1S/C14H20N6O5S/c15-6(14(23)24)1-2-26-3-7-9(21)10(22)13(25-7)20-5-19-8-11(16)17-4-18-12(8)20/h4-7,9-10,13,21-22H,1-3,15H2,(H,23,24)(H2,16,17,18)/t6-,7-,9-,10?,13?/m1/s1. The van der Waals surface area contributed by atoms with Crippen molar-refractivity contribution in [2.45, 2.75) is 37.0 Å². The third-order valence-electron chi connectivity index (χ3n) is 4.17. The van der Waals surface area contributed by atoms with Crippen LogP contribution in [0.15, 0.2) is 12.7 Å². The second-order valence-electron chi connectivity index (χ2n) is 5.94. The highest BCUT2D eigenvalue weighted by molar-refractivity contribution is 7.99. The number of fused-ring (bicyclic) bond motifs is 1. The quantitative estimate of drug-likeness (QED) is 0.352. The van der Waals surface area contributed by atoms with Gasteiger partial charge in [-0.2, -0.15) is 11.8 Å². The van der Waals surface area contributed by atoms with E-state index in [1.54, 1.807) is 0 Å². The molecule has 1 fully saturated rings. The molecule has 26 heavy (non-hydrogen) atoms. The van der Waals surface area contributed by atoms with Crippen LogP contribution in [-0.4, -0.2) is 76.7 Å². The number of nitrogens with two attached hydrogens (primary N) is 2. The summed E-state index contributed by atoms with van der Waals surface area (Å²) in [6, 6.07) is -0.919. The lowest BCUT2D eigenvalue weighted by molar-refractivity contribution is -0.138. The number of imidazole rings is 1. The van der Waals surface area contributed by atoms with Gasteiger partial charge in [0.05, 0.1) is 12.4 Å². The normalized spacial score (nSPS) is 27.0. The number of carbonyl (C=O) groups is 1. The smallest absolute Gasteiger partial charge is 0.320 e. The van der Waals surface area contributed by atoms with Gasteiger partial charge < -0.3 is 31.5 Å². The van der Waals surface area contributed by atoms with Gasteiger partial charge in [0, 0.05) is 5.75 Å². The van der Waals surface area contributed by atoms with Gasteiger partial charge in [-0.25, -0.2) is 15.0 Å². The molecule has 142 valence electrons. The number of rotatable bonds is 7. The molecule has 0 spiro atoms. The second-order valence-corrected chi connectivity index (χ2v) is 7.09. The highest BCUT2D eigenvalue weighted by atomic mass is 32.2. The Balaban J connectivity index is 1.64. The Morgan fingerprint density at radius 1 is 1.35 bits per heavy atom. The topological polar surface area (TPSA) is 183 Å². The molecule has 1 aliphatic heterocycles. The summed E-state index contributed by atoms with van der Waals surface area (Å²) in [7, 11) is 0. The number of anilines is 1. The Morgan fingerprint density at radius 3 is 2.85 bits per heavy atom. The number of carboxylic acids is 1. The van der Waals surface area contributed by atoms with E-state index < -0.39 is 36.6 Å². The Kier molecular flexibility index (Phi) is 5.58. The van der Waals surface area contributed by atoms with Gasteiger partial charge in [-0.15, -0.1) is 0 Å². The zero-order valence-corrected chi connectivity index (χ0v) is 14.5. The molecular weight excluding hydrogens is 364 g/mol. The highest BCUT2D eigenvalue weighted by Gasteiger charge is 2.44. The lowest BCUT2D eigenvalue weighted by Gasteiger charge is -2.16. The van der Waals surface area contributed by atoms with Crippen molar-refractivity contribution in [2.75, 3.05) is 17.2 Å². The van der Waals surface area contributed by atoms with Gasteiger partial charge in [0.2, 0.25) is 0 Å². The predicted octanol–water partition coefficient (Wildman–Crippen LogP) is -1.44. The van der Waals surface area contributed by atoms with Gasteiger partial charge in [0.15, 0.2) is 17.7 Å². The minimum Gasteiger partial charge on any atom is -0.480 e. The molecule has 1 saturated heterocycles. The molecule has 3 heterocycles. The summed E-state index contributed by atoms with van der Waals surface area (Å²) >= 11 is 1.40. The number of nitrogen functional groups attached to an aromatic ring is 1. The second kappa shape index (κ2) is 7.72. The largest absolute Gasteiger partial charge is 0.480 e. The number of hydrogen-bond acceptors (Lipinski definition) is 10. The first kappa shape index (κ1) is 18.8. The lowest BCUT2D eigenvalue weighted by Crippen LogP contribution is -2.33. The summed E-state index contributed by atoms with van der Waals surface area (Å²) in [5.74, 6) is 0.0405. The van der Waals surface area contributed by atoms with Gasteiger partial charge in [-0.1, -0.05) is 0 Å². The van der Waals surface area contributed by atoms with Crippen molar-refractivity contribution >= 4 is 34.7 Å². The molecule has 11 nitrogen and oxygen atoms in total. The summed E-state index contributed by atoms with van der Waals surface area (Å²) in [5, 5.41) is 29.3. The fourth-order valence-corrected chi connectivity index (χ4v) is 3.78. The zero-order valence-electron chi connectivity index (χ0n) is 13.7. The number of aliphatic hydroxyl groups is 2. The molecule has 12 heteroatoms. The predicted molar refractivity (Wildman–Crippen MR) is 93.2 cm³/mol. The van der Waals surface area contributed by atoms with Crippen LogP contribution >= 0.6 is 11.8 Å². The summed E-state index contributed by atoms with van der Waals surface area (Å²) in [6.07, 6.45) is -0.747. The number of hydrogen-bond donors (Lipinski definition) is 5. The van der Waals surface area contributed by atoms with Gasteiger partial charge >= 0.3 is 5.97 Å². The summed E-state index contributed by atoms with van der Waals surface area (Å²) < 4.78 is 7.29. The maximum atomic E-state index is 10.7. The third kappa shape index (κ3) is 3.59. The number of nitrogens with zero attached hydrogens (tertiary/aromatic N) is 4. The number of ether oxygens (including phenoxy) is 1. The molecule has 0 radical (unpaired) electrons. The SMILES string of the molecule is Nc1ncnc2c1ncn2C1O[C@H](CSCC[C@@H](N)C(=O)O)[C@@H](O)C1O. The van der Waals surface area contributed by atoms with Crippen molar-refractivity contribution in [2.24, 2.45) is 5.73 Å². The van der Waals surface area contributed by atoms with E-state index in [1.807, 2.05) is 0 Å². The number of carboxylic acid groups (broad SMARTS) is 1. The van der Waals surface area contributed by atoms with Gasteiger partial charge in [-0.3, -0.25) is 9.36 Å². The van der Waals surface area contributed by atoms with Crippen LogP contribution in [0.4, 0.5) is 5.82 Å². The lowest BCUT2D eigenvalue weighted by atomic mass is 10.1. The van der Waals surface area contributed by atoms with Crippen LogP contribution in [0.2, 0.25) is 0 Å². The minimum absolute atomic E-state index is 0.212. The molecule has 2 aromatic heterocycles. The van der Waals surface area contributed by atoms with Crippen molar-refractivity contribution in [3.63, 3.8) is 0 Å². The van der Waals surface area contributed by atoms with Crippen LogP contribution < -0.4 is 11.5 Å². The highest BCUT2D eigenvalue weighted by Crippen LogP contribution is 2.33. The Morgan fingerprint density at radius 2 is 2.12 bits per heavy atom. The van der Waals surface area contributed by atoms with E-state index in [9.17, 15) is 15.0 Å². The van der Waals surface area contributed by atoms with Crippen molar-refractivity contribution in [1.29, 1.82) is 0 Å². The first-order valence-corrected chi connectivity index (χ1v) is 9.06. The fourth-order valence-electron chi connectivity index (χ4n) is 2.69. The Hall–Kier alpha value is -1.99. The summed E-state index contributed by atoms with van der Waals surface area (Å²) in [4.78, 5) is 22.8. The van der Waals surface area contributed by atoms with E-state index >= 15 is 0 Å². The monoisotopic (exact) mass is 384 g/mol. The van der Waals surface area contributed by atoms with E-state index in [2.05, 4.69) is 15.0 Å². The van der Waals surface area contributed by atoms with Crippen LogP contribution in [0.5, 0.6) is 0 Å².